The molecule has 0 saturated heterocycles. The van der Waals surface area contributed by atoms with E-state index in [0.29, 0.717) is 33.1 Å². The normalized spacial score (nSPS) is 17.8. The van der Waals surface area contributed by atoms with Gasteiger partial charge in [-0.05, 0) is 87.4 Å². The van der Waals surface area contributed by atoms with Gasteiger partial charge in [0.05, 0.1) is 16.9 Å². The number of carbonyl (C=O) groups excluding carboxylic acids is 1. The van der Waals surface area contributed by atoms with Crippen LogP contribution in [0.2, 0.25) is 5.15 Å². The van der Waals surface area contributed by atoms with Gasteiger partial charge in [-0.1, -0.05) is 17.5 Å². The highest BCUT2D eigenvalue weighted by Crippen LogP contribution is 2.68. The van der Waals surface area contributed by atoms with Crippen LogP contribution >= 0.6 is 11.6 Å². The van der Waals surface area contributed by atoms with E-state index in [1.54, 1.807) is 25.1 Å². The number of rotatable bonds is 11. The fourth-order valence-corrected chi connectivity index (χ4v) is 8.56. The van der Waals surface area contributed by atoms with Crippen LogP contribution in [0.4, 0.5) is 26.3 Å². The largest absolute Gasteiger partial charge is 0.378 e. The number of pyridine rings is 2. The molecular formula is C39H34ClF6N5O4S. The van der Waals surface area contributed by atoms with Gasteiger partial charge >= 0.3 is 0 Å². The van der Waals surface area contributed by atoms with Crippen LogP contribution in [0.25, 0.3) is 16.6 Å². The quantitative estimate of drug-likeness (QED) is 0.0828. The van der Waals surface area contributed by atoms with Crippen LogP contribution in [-0.2, 0) is 39.3 Å². The lowest BCUT2D eigenvalue weighted by Gasteiger charge is -2.22. The third kappa shape index (κ3) is 7.68. The molecule has 1 saturated carbocycles. The third-order valence-corrected chi connectivity index (χ3v) is 10.9. The van der Waals surface area contributed by atoms with Crippen molar-refractivity contribution in [1.29, 1.82) is 0 Å². The molecule has 2 aliphatic carbocycles. The molecule has 9 nitrogen and oxygen atoms in total. The number of nitrogens with zero attached hydrogens (tertiary/aromatic N) is 5. The van der Waals surface area contributed by atoms with Crippen LogP contribution in [0.3, 0.4) is 0 Å². The lowest BCUT2D eigenvalue weighted by molar-refractivity contribution is -0.120. The van der Waals surface area contributed by atoms with Crippen LogP contribution in [0.1, 0.15) is 90.4 Å². The average Bonchev–Trinajstić information content (AvgIpc) is 3.62. The Bertz CT molecular complexity index is 2590. The van der Waals surface area contributed by atoms with Crippen LogP contribution in [0.15, 0.2) is 42.5 Å². The van der Waals surface area contributed by atoms with E-state index in [1.807, 2.05) is 0 Å². The number of carbonyl (C=O) groups is 1. The number of aromatic nitrogens is 5. The Morgan fingerprint density at radius 3 is 2.39 bits per heavy atom. The highest BCUT2D eigenvalue weighted by Gasteiger charge is 2.67. The number of aryl methyl sites for hydroxylation is 1. The Balaban J connectivity index is 1.39. The number of hydrogen-bond acceptors (Lipinski definition) is 7. The zero-order valence-corrected chi connectivity index (χ0v) is 31.9. The first-order valence-corrected chi connectivity index (χ1v) is 19.9. The standard InChI is InChI=1S/C39H34ClF6N5O4S/c1-19-35-27(7-8-30(40)51(35)31(47-19)18-56(4,54)55)26-6-5-24(9-10-38(2,3)53)48-33(26)21(11-20-12-22(41)15-23(42)13-20)14-25(52)17-50-36-32(34(49-50)37(43)44)28-16-29(28)39(36,45)46/h5-8,12-13,15,21,28-29,37,53H,11,14,16-18H2,1-4H3/t21-,28+,29-/m1/s1. The van der Waals surface area contributed by atoms with Crippen molar-refractivity contribution in [1.82, 2.24) is 24.1 Å². The van der Waals surface area contributed by atoms with E-state index in [1.165, 1.54) is 24.3 Å². The predicted octanol–water partition coefficient (Wildman–Crippen LogP) is 7.63. The summed E-state index contributed by atoms with van der Waals surface area (Å²) in [4.78, 5) is 23.3. The van der Waals surface area contributed by atoms with E-state index in [-0.39, 0.29) is 46.3 Å². The molecule has 2 aliphatic rings. The van der Waals surface area contributed by atoms with E-state index >= 15 is 8.78 Å². The first kappa shape index (κ1) is 39.5. The summed E-state index contributed by atoms with van der Waals surface area (Å²) >= 11 is 6.60. The van der Waals surface area contributed by atoms with Crippen molar-refractivity contribution in [3.63, 3.8) is 0 Å². The van der Waals surface area contributed by atoms with Crippen molar-refractivity contribution in [2.24, 2.45) is 5.92 Å². The molecule has 56 heavy (non-hydrogen) atoms. The van der Waals surface area contributed by atoms with Crippen LogP contribution in [0.5, 0.6) is 0 Å². The molecule has 5 aromatic rings. The maximum atomic E-state index is 15.4. The minimum absolute atomic E-state index is 0.0388. The Labute approximate surface area is 322 Å². The number of Topliss-reactive ketones (excluding diaryl/α,β-unsaturated/α-hetero) is 1. The zero-order valence-electron chi connectivity index (χ0n) is 30.3. The number of benzene rings is 1. The number of alkyl halides is 4. The molecule has 1 aromatic carbocycles. The molecule has 0 spiro atoms. The molecule has 0 amide bonds. The molecule has 0 unspecified atom stereocenters. The van der Waals surface area contributed by atoms with Crippen molar-refractivity contribution in [2.45, 2.75) is 82.1 Å². The summed E-state index contributed by atoms with van der Waals surface area (Å²) in [5.74, 6) is -3.83. The van der Waals surface area contributed by atoms with Gasteiger partial charge in [-0.25, -0.2) is 35.9 Å². The maximum Gasteiger partial charge on any atom is 0.293 e. The number of imidazole rings is 1. The lowest BCUT2D eigenvalue weighted by Crippen LogP contribution is -2.24. The minimum atomic E-state index is -3.58. The lowest BCUT2D eigenvalue weighted by atomic mass is 9.86. The molecule has 0 aliphatic heterocycles. The monoisotopic (exact) mass is 817 g/mol. The van der Waals surface area contributed by atoms with E-state index in [4.69, 9.17) is 16.6 Å². The topological polar surface area (TPSA) is 119 Å². The minimum Gasteiger partial charge on any atom is -0.378 e. The Morgan fingerprint density at radius 1 is 1.07 bits per heavy atom. The summed E-state index contributed by atoms with van der Waals surface area (Å²) in [6.45, 7) is 3.75. The second kappa shape index (κ2) is 14.0. The van der Waals surface area contributed by atoms with E-state index in [0.717, 1.165) is 18.4 Å². The summed E-state index contributed by atoms with van der Waals surface area (Å²) in [6, 6.07) is 9.11. The summed E-state index contributed by atoms with van der Waals surface area (Å²) in [5.41, 5.74) is -1.19. The molecule has 0 bridgehead atoms. The summed E-state index contributed by atoms with van der Waals surface area (Å²) in [5, 5.41) is 14.2. The summed E-state index contributed by atoms with van der Waals surface area (Å²) < 4.78 is 115. The molecule has 1 N–H and O–H groups in total. The Hall–Kier alpha value is -4.72. The van der Waals surface area contributed by atoms with E-state index in [9.17, 15) is 35.9 Å². The first-order chi connectivity index (χ1) is 26.1. The van der Waals surface area contributed by atoms with Crippen molar-refractivity contribution in [2.75, 3.05) is 6.26 Å². The third-order valence-electron chi connectivity index (χ3n) is 9.84. The number of aliphatic hydroxyl groups is 1. The Kier molecular flexibility index (Phi) is 9.90. The summed E-state index contributed by atoms with van der Waals surface area (Å²) in [7, 11) is -3.58. The van der Waals surface area contributed by atoms with Crippen LogP contribution < -0.4 is 0 Å². The number of fused-ring (bicyclic) bond motifs is 4. The van der Waals surface area contributed by atoms with Gasteiger partial charge in [-0.3, -0.25) is 13.9 Å². The van der Waals surface area contributed by atoms with Gasteiger partial charge in [0.15, 0.2) is 15.6 Å². The van der Waals surface area contributed by atoms with Crippen LogP contribution in [-0.4, -0.2) is 55.3 Å². The van der Waals surface area contributed by atoms with Gasteiger partial charge in [0.25, 0.3) is 12.3 Å². The SMILES string of the molecule is Cc1nc(CS(C)(=O)=O)n2c(Cl)ccc(-c3ccc(C#CC(C)(C)O)nc3[C@@H](CC(=O)Cn3nc(C(F)F)c4c3C(F)(F)[C@@H]3C[C@H]43)Cc3cc(F)cc(F)c3)c12. The molecule has 3 atom stereocenters. The molecule has 17 heteroatoms. The predicted molar refractivity (Wildman–Crippen MR) is 194 cm³/mol. The molecule has 0 radical (unpaired) electrons. The second-order valence-electron chi connectivity index (χ2n) is 15.0. The number of sulfone groups is 1. The molecule has 4 heterocycles. The molecule has 1 fully saturated rings. The zero-order chi connectivity index (χ0) is 40.6. The fraction of sp³-hybridized carbons (Fsp3) is 0.385. The van der Waals surface area contributed by atoms with Crippen LogP contribution in [0, 0.1) is 36.3 Å². The number of ketones is 1. The maximum absolute atomic E-state index is 15.4. The van der Waals surface area contributed by atoms with Crippen molar-refractivity contribution in [3.05, 3.63) is 105 Å². The molecule has 294 valence electrons. The van der Waals surface area contributed by atoms with Gasteiger partial charge in [-0.15, -0.1) is 0 Å². The van der Waals surface area contributed by atoms with Gasteiger partial charge < -0.3 is 5.11 Å². The number of halogens is 7. The highest BCUT2D eigenvalue weighted by atomic mass is 35.5. The number of hydrogen-bond donors (Lipinski definition) is 1. The average molecular weight is 818 g/mol. The molecule has 4 aromatic heterocycles. The van der Waals surface area contributed by atoms with Gasteiger partial charge in [0, 0.05) is 47.3 Å². The fourth-order valence-electron chi connectivity index (χ4n) is 7.65. The van der Waals surface area contributed by atoms with Crippen molar-refractivity contribution >= 4 is 32.7 Å². The smallest absolute Gasteiger partial charge is 0.293 e. The molecular weight excluding hydrogens is 784 g/mol. The Morgan fingerprint density at radius 2 is 1.75 bits per heavy atom. The van der Waals surface area contributed by atoms with Gasteiger partial charge in [0.1, 0.15) is 57.6 Å². The summed E-state index contributed by atoms with van der Waals surface area (Å²) in [6.07, 6.45) is -2.77. The van der Waals surface area contributed by atoms with Crippen molar-refractivity contribution in [3.8, 4) is 23.0 Å². The van der Waals surface area contributed by atoms with E-state index < -0.39 is 93.1 Å². The second-order valence-corrected chi connectivity index (χ2v) is 17.5. The van der Waals surface area contributed by atoms with Gasteiger partial charge in [0.2, 0.25) is 0 Å². The van der Waals surface area contributed by atoms with Crippen molar-refractivity contribution < 1.29 is 44.7 Å². The molecule has 7 rings (SSSR count). The van der Waals surface area contributed by atoms with Gasteiger partial charge in [-0.2, -0.15) is 13.9 Å². The highest BCUT2D eigenvalue weighted by molar-refractivity contribution is 7.89. The van der Waals surface area contributed by atoms with E-state index in [2.05, 4.69) is 21.9 Å². The first-order valence-electron chi connectivity index (χ1n) is 17.5.